The van der Waals surface area contributed by atoms with Crippen molar-refractivity contribution >= 4 is 21.6 Å². The summed E-state index contributed by atoms with van der Waals surface area (Å²) in [6.07, 6.45) is 4.21. The van der Waals surface area contributed by atoms with E-state index in [1.807, 2.05) is 13.8 Å². The Hall–Kier alpha value is -1.44. The van der Waals surface area contributed by atoms with E-state index >= 15 is 0 Å². The molecule has 1 fully saturated rings. The van der Waals surface area contributed by atoms with Gasteiger partial charge in [0.05, 0.1) is 11.4 Å². The molecule has 1 saturated heterocycles. The fourth-order valence-electron chi connectivity index (χ4n) is 2.91. The van der Waals surface area contributed by atoms with E-state index in [1.54, 1.807) is 12.1 Å². The number of benzene rings is 1. The molecule has 2 atom stereocenters. The van der Waals surface area contributed by atoms with E-state index in [4.69, 9.17) is 0 Å². The SMILES string of the molecule is CC[C@H](C)NS(=O)(=O)c1ccc(NC(=O)CN2CCCC[C@@H]2C)cc1. The van der Waals surface area contributed by atoms with Crippen LogP contribution in [0.1, 0.15) is 46.5 Å². The number of nitrogens with zero attached hydrogens (tertiary/aromatic N) is 1. The Kier molecular flexibility index (Phi) is 6.98. The van der Waals surface area contributed by atoms with Gasteiger partial charge in [-0.15, -0.1) is 0 Å². The van der Waals surface area contributed by atoms with Crippen molar-refractivity contribution in [2.45, 2.75) is 63.4 Å². The van der Waals surface area contributed by atoms with Crippen molar-refractivity contribution < 1.29 is 13.2 Å². The maximum absolute atomic E-state index is 12.2. The van der Waals surface area contributed by atoms with Crippen LogP contribution >= 0.6 is 0 Å². The highest BCUT2D eigenvalue weighted by molar-refractivity contribution is 7.89. The van der Waals surface area contributed by atoms with Crippen LogP contribution in [-0.4, -0.2) is 44.4 Å². The Morgan fingerprint density at radius 2 is 1.96 bits per heavy atom. The van der Waals surface area contributed by atoms with Crippen LogP contribution in [0, 0.1) is 0 Å². The topological polar surface area (TPSA) is 78.5 Å². The van der Waals surface area contributed by atoms with Crippen molar-refractivity contribution in [3.63, 3.8) is 0 Å². The van der Waals surface area contributed by atoms with Crippen LogP contribution in [0.4, 0.5) is 5.69 Å². The lowest BCUT2D eigenvalue weighted by molar-refractivity contribution is -0.118. The largest absolute Gasteiger partial charge is 0.325 e. The van der Waals surface area contributed by atoms with Gasteiger partial charge in [0.15, 0.2) is 0 Å². The first-order valence-corrected chi connectivity index (χ1v) is 10.5. The second-order valence-corrected chi connectivity index (χ2v) is 8.53. The quantitative estimate of drug-likeness (QED) is 0.776. The number of carbonyl (C=O) groups excluding carboxylic acids is 1. The molecular weight excluding hydrogens is 338 g/mol. The number of piperidine rings is 1. The number of hydrogen-bond donors (Lipinski definition) is 2. The van der Waals surface area contributed by atoms with E-state index in [1.165, 1.54) is 18.6 Å². The first kappa shape index (κ1) is 19.9. The molecule has 1 aliphatic heterocycles. The number of rotatable bonds is 7. The van der Waals surface area contributed by atoms with E-state index in [0.29, 0.717) is 18.3 Å². The third-order valence-corrected chi connectivity index (χ3v) is 6.31. The number of nitrogens with one attached hydrogen (secondary N) is 2. The minimum atomic E-state index is -3.52. The van der Waals surface area contributed by atoms with E-state index in [0.717, 1.165) is 25.8 Å². The molecule has 0 spiro atoms. The van der Waals surface area contributed by atoms with E-state index < -0.39 is 10.0 Å². The summed E-state index contributed by atoms with van der Waals surface area (Å²) in [6, 6.07) is 6.61. The Bertz CT molecular complexity index is 673. The fraction of sp³-hybridized carbons (Fsp3) is 0.611. The van der Waals surface area contributed by atoms with E-state index in [-0.39, 0.29) is 16.8 Å². The normalized spacial score (nSPS) is 20.2. The lowest BCUT2D eigenvalue weighted by Gasteiger charge is -2.32. The molecular formula is C18H29N3O3S. The highest BCUT2D eigenvalue weighted by Crippen LogP contribution is 2.17. The molecule has 1 aliphatic rings. The zero-order valence-corrected chi connectivity index (χ0v) is 16.1. The second kappa shape index (κ2) is 8.78. The Balaban J connectivity index is 1.94. The van der Waals surface area contributed by atoms with Crippen molar-refractivity contribution in [2.75, 3.05) is 18.4 Å². The molecule has 140 valence electrons. The van der Waals surface area contributed by atoms with Gasteiger partial charge in [-0.1, -0.05) is 13.3 Å². The van der Waals surface area contributed by atoms with Gasteiger partial charge in [0.1, 0.15) is 0 Å². The average Bonchev–Trinajstić information content (AvgIpc) is 2.57. The van der Waals surface area contributed by atoms with Gasteiger partial charge in [-0.2, -0.15) is 0 Å². The molecule has 0 aliphatic carbocycles. The second-order valence-electron chi connectivity index (χ2n) is 6.82. The van der Waals surface area contributed by atoms with Crippen LogP contribution in [0.3, 0.4) is 0 Å². The number of sulfonamides is 1. The van der Waals surface area contributed by atoms with Gasteiger partial charge in [0, 0.05) is 17.8 Å². The third-order valence-electron chi connectivity index (χ3n) is 4.70. The summed E-state index contributed by atoms with van der Waals surface area (Å²) in [4.78, 5) is 14.6. The van der Waals surface area contributed by atoms with Gasteiger partial charge < -0.3 is 5.32 Å². The number of likely N-dealkylation sites (tertiary alicyclic amines) is 1. The zero-order valence-electron chi connectivity index (χ0n) is 15.3. The van der Waals surface area contributed by atoms with Crippen molar-refractivity contribution in [1.29, 1.82) is 0 Å². The van der Waals surface area contributed by atoms with Crippen LogP contribution < -0.4 is 10.0 Å². The molecule has 0 bridgehead atoms. The van der Waals surface area contributed by atoms with Crippen LogP contribution in [-0.2, 0) is 14.8 Å². The maximum Gasteiger partial charge on any atom is 0.240 e. The minimum Gasteiger partial charge on any atom is -0.325 e. The molecule has 0 aromatic heterocycles. The Morgan fingerprint density at radius 3 is 2.56 bits per heavy atom. The standard InChI is InChI=1S/C18H29N3O3S/c1-4-14(2)20-25(23,24)17-10-8-16(9-11-17)19-18(22)13-21-12-6-5-7-15(21)3/h8-11,14-15,20H,4-7,12-13H2,1-3H3,(H,19,22)/t14-,15-/m0/s1. The van der Waals surface area contributed by atoms with Gasteiger partial charge in [0.2, 0.25) is 15.9 Å². The molecule has 2 N–H and O–H groups in total. The predicted octanol–water partition coefficient (Wildman–Crippen LogP) is 2.58. The molecule has 0 unspecified atom stereocenters. The van der Waals surface area contributed by atoms with Crippen LogP contribution in [0.2, 0.25) is 0 Å². The first-order valence-electron chi connectivity index (χ1n) is 8.98. The number of amides is 1. The minimum absolute atomic E-state index is 0.0675. The van der Waals surface area contributed by atoms with Crippen LogP contribution in [0.15, 0.2) is 29.2 Å². The van der Waals surface area contributed by atoms with Crippen molar-refractivity contribution in [1.82, 2.24) is 9.62 Å². The molecule has 1 aromatic rings. The summed E-state index contributed by atoms with van der Waals surface area (Å²) < 4.78 is 27.1. The molecule has 1 aromatic carbocycles. The van der Waals surface area contributed by atoms with Gasteiger partial charge in [-0.05, 0) is 63.9 Å². The predicted molar refractivity (Wildman–Crippen MR) is 100 cm³/mol. The van der Waals surface area contributed by atoms with E-state index in [2.05, 4.69) is 21.9 Å². The fourth-order valence-corrected chi connectivity index (χ4v) is 4.24. The van der Waals surface area contributed by atoms with Gasteiger partial charge in [0.25, 0.3) is 0 Å². The number of carbonyl (C=O) groups is 1. The van der Waals surface area contributed by atoms with Crippen molar-refractivity contribution in [3.05, 3.63) is 24.3 Å². The number of anilines is 1. The van der Waals surface area contributed by atoms with Gasteiger partial charge in [-0.25, -0.2) is 13.1 Å². The molecule has 0 saturated carbocycles. The van der Waals surface area contributed by atoms with Crippen molar-refractivity contribution in [2.24, 2.45) is 0 Å². The molecule has 25 heavy (non-hydrogen) atoms. The summed E-state index contributed by atoms with van der Waals surface area (Å²) in [7, 11) is -3.52. The molecule has 7 heteroatoms. The van der Waals surface area contributed by atoms with Gasteiger partial charge in [-0.3, -0.25) is 9.69 Å². The van der Waals surface area contributed by atoms with E-state index in [9.17, 15) is 13.2 Å². The zero-order chi connectivity index (χ0) is 18.4. The highest BCUT2D eigenvalue weighted by Gasteiger charge is 2.21. The molecule has 1 heterocycles. The summed E-state index contributed by atoms with van der Waals surface area (Å²) in [5.74, 6) is -0.0675. The molecule has 1 amide bonds. The highest BCUT2D eigenvalue weighted by atomic mass is 32.2. The Labute approximate surface area is 151 Å². The maximum atomic E-state index is 12.2. The summed E-state index contributed by atoms with van der Waals surface area (Å²) >= 11 is 0. The first-order chi connectivity index (χ1) is 11.8. The number of hydrogen-bond acceptors (Lipinski definition) is 4. The van der Waals surface area contributed by atoms with Crippen molar-refractivity contribution in [3.8, 4) is 0 Å². The Morgan fingerprint density at radius 1 is 1.28 bits per heavy atom. The third kappa shape index (κ3) is 5.80. The van der Waals surface area contributed by atoms with Crippen LogP contribution in [0.25, 0.3) is 0 Å². The summed E-state index contributed by atoms with van der Waals surface area (Å²) in [5.41, 5.74) is 0.608. The lowest BCUT2D eigenvalue weighted by Crippen LogP contribution is -2.42. The lowest BCUT2D eigenvalue weighted by atomic mass is 10.0. The smallest absolute Gasteiger partial charge is 0.240 e. The average molecular weight is 368 g/mol. The van der Waals surface area contributed by atoms with Crippen LogP contribution in [0.5, 0.6) is 0 Å². The van der Waals surface area contributed by atoms with Gasteiger partial charge >= 0.3 is 0 Å². The molecule has 2 rings (SSSR count). The molecule has 6 nitrogen and oxygen atoms in total. The molecule has 0 radical (unpaired) electrons. The summed E-state index contributed by atoms with van der Waals surface area (Å²) in [5, 5.41) is 2.84. The summed E-state index contributed by atoms with van der Waals surface area (Å²) in [6.45, 7) is 7.23. The monoisotopic (exact) mass is 367 g/mol.